The van der Waals surface area contributed by atoms with Crippen molar-refractivity contribution in [3.63, 3.8) is 0 Å². The number of nitrogens with one attached hydrogen (secondary N) is 2. The van der Waals surface area contributed by atoms with E-state index in [1.807, 2.05) is 0 Å². The zero-order valence-electron chi connectivity index (χ0n) is 5.14. The van der Waals surface area contributed by atoms with Crippen molar-refractivity contribution < 1.29 is 4.79 Å². The molecule has 0 bridgehead atoms. The van der Waals surface area contributed by atoms with Gasteiger partial charge in [-0.15, -0.1) is 0 Å². The Morgan fingerprint density at radius 1 is 1.78 bits per heavy atom. The van der Waals surface area contributed by atoms with Gasteiger partial charge in [-0.25, -0.2) is 0 Å². The molecule has 0 radical (unpaired) electrons. The fourth-order valence-electron chi connectivity index (χ4n) is 0.609. The minimum Gasteiger partial charge on any atom is -0.367 e. The predicted octanol–water partition coefficient (Wildman–Crippen LogP) is 0.374. The maximum Gasteiger partial charge on any atom is 0.252 e. The van der Waals surface area contributed by atoms with E-state index in [9.17, 15) is 4.79 Å². The first-order valence-corrected chi connectivity index (χ1v) is 2.69. The fourth-order valence-corrected chi connectivity index (χ4v) is 0.609. The number of rotatable bonds is 1. The highest BCUT2D eigenvalue weighted by Crippen LogP contribution is 1.93. The van der Waals surface area contributed by atoms with Gasteiger partial charge in [-0.1, -0.05) is 0 Å². The third-order valence-corrected chi connectivity index (χ3v) is 1.09. The summed E-state index contributed by atoms with van der Waals surface area (Å²) in [6.07, 6.45) is 3.36. The second-order valence-electron chi connectivity index (χ2n) is 1.68. The molecule has 0 spiro atoms. The molecule has 0 aliphatic rings. The van der Waals surface area contributed by atoms with Gasteiger partial charge in [0.15, 0.2) is 0 Å². The number of amides is 1. The van der Waals surface area contributed by atoms with Gasteiger partial charge in [0, 0.05) is 19.4 Å². The highest BCUT2D eigenvalue weighted by atomic mass is 16.1. The van der Waals surface area contributed by atoms with Crippen molar-refractivity contribution in [3.05, 3.63) is 24.0 Å². The number of H-pyrrole nitrogens is 1. The quantitative estimate of drug-likeness (QED) is 0.558. The van der Waals surface area contributed by atoms with Crippen molar-refractivity contribution in [2.45, 2.75) is 0 Å². The molecule has 48 valence electrons. The molecule has 1 aromatic rings. The normalized spacial score (nSPS) is 9.00. The lowest BCUT2D eigenvalue weighted by atomic mass is 10.3. The molecule has 0 atom stereocenters. The monoisotopic (exact) mass is 124 g/mol. The smallest absolute Gasteiger partial charge is 0.252 e. The number of hydrogen-bond donors (Lipinski definition) is 2. The van der Waals surface area contributed by atoms with Crippen molar-refractivity contribution in [1.29, 1.82) is 0 Å². The van der Waals surface area contributed by atoms with Crippen LogP contribution in [0.1, 0.15) is 10.4 Å². The number of carbonyl (C=O) groups is 1. The minimum absolute atomic E-state index is 0.0590. The van der Waals surface area contributed by atoms with Crippen molar-refractivity contribution in [2.24, 2.45) is 0 Å². The van der Waals surface area contributed by atoms with Gasteiger partial charge >= 0.3 is 0 Å². The lowest BCUT2D eigenvalue weighted by Crippen LogP contribution is -2.16. The maximum atomic E-state index is 10.7. The fraction of sp³-hybridized carbons (Fsp3) is 0.167. The number of carbonyl (C=O) groups excluding carboxylic acids is 1. The highest BCUT2D eigenvalue weighted by Gasteiger charge is 1.99. The molecule has 3 heteroatoms. The summed E-state index contributed by atoms with van der Waals surface area (Å²) in [6, 6.07) is 1.72. The van der Waals surface area contributed by atoms with Gasteiger partial charge in [-0.2, -0.15) is 0 Å². The molecular formula is C6H8N2O. The molecular weight excluding hydrogens is 116 g/mol. The van der Waals surface area contributed by atoms with Crippen LogP contribution in [0.4, 0.5) is 0 Å². The van der Waals surface area contributed by atoms with E-state index >= 15 is 0 Å². The Balaban J connectivity index is 2.77. The first kappa shape index (κ1) is 5.88. The molecule has 2 N–H and O–H groups in total. The topological polar surface area (TPSA) is 44.9 Å². The number of aromatic amines is 1. The zero-order chi connectivity index (χ0) is 6.69. The summed E-state index contributed by atoms with van der Waals surface area (Å²) in [7, 11) is 1.61. The van der Waals surface area contributed by atoms with Gasteiger partial charge in [0.05, 0.1) is 5.56 Å². The van der Waals surface area contributed by atoms with Crippen LogP contribution in [0.5, 0.6) is 0 Å². The third kappa shape index (κ3) is 1.10. The molecule has 0 aromatic carbocycles. The van der Waals surface area contributed by atoms with Gasteiger partial charge in [0.1, 0.15) is 0 Å². The van der Waals surface area contributed by atoms with E-state index in [1.54, 1.807) is 25.5 Å². The maximum absolute atomic E-state index is 10.7. The van der Waals surface area contributed by atoms with Gasteiger partial charge < -0.3 is 10.3 Å². The minimum atomic E-state index is -0.0590. The molecule has 0 aliphatic heterocycles. The van der Waals surface area contributed by atoms with Crippen molar-refractivity contribution in [2.75, 3.05) is 7.05 Å². The highest BCUT2D eigenvalue weighted by molar-refractivity contribution is 5.93. The molecule has 0 unspecified atom stereocenters. The second kappa shape index (κ2) is 2.35. The standard InChI is InChI=1S/C6H8N2O/c1-7-6(9)5-2-3-8-4-5/h2-4,8H,1H3,(H,7,9). The Labute approximate surface area is 53.1 Å². The molecule has 0 saturated carbocycles. The van der Waals surface area contributed by atoms with Crippen molar-refractivity contribution in [1.82, 2.24) is 10.3 Å². The second-order valence-corrected chi connectivity index (χ2v) is 1.68. The summed E-state index contributed by atoms with van der Waals surface area (Å²) < 4.78 is 0. The average molecular weight is 124 g/mol. The molecule has 0 fully saturated rings. The van der Waals surface area contributed by atoms with Crippen LogP contribution in [0.25, 0.3) is 0 Å². The Bertz CT molecular complexity index is 191. The van der Waals surface area contributed by atoms with Gasteiger partial charge in [-0.3, -0.25) is 4.79 Å². The van der Waals surface area contributed by atoms with Crippen LogP contribution in [-0.4, -0.2) is 17.9 Å². The molecule has 0 aliphatic carbocycles. The van der Waals surface area contributed by atoms with E-state index in [4.69, 9.17) is 0 Å². The Morgan fingerprint density at radius 2 is 2.56 bits per heavy atom. The largest absolute Gasteiger partial charge is 0.367 e. The van der Waals surface area contributed by atoms with Crippen molar-refractivity contribution >= 4 is 5.91 Å². The molecule has 3 nitrogen and oxygen atoms in total. The van der Waals surface area contributed by atoms with Crippen LogP contribution in [0.15, 0.2) is 18.5 Å². The predicted molar refractivity (Wildman–Crippen MR) is 34.2 cm³/mol. The van der Waals surface area contributed by atoms with Crippen molar-refractivity contribution in [3.8, 4) is 0 Å². The first-order valence-electron chi connectivity index (χ1n) is 2.69. The van der Waals surface area contributed by atoms with E-state index < -0.39 is 0 Å². The van der Waals surface area contributed by atoms with E-state index in [2.05, 4.69) is 10.3 Å². The van der Waals surface area contributed by atoms with Crippen LogP contribution >= 0.6 is 0 Å². The number of aromatic nitrogens is 1. The average Bonchev–Trinajstić information content (AvgIpc) is 2.37. The van der Waals surface area contributed by atoms with Gasteiger partial charge in [0.25, 0.3) is 5.91 Å². The molecule has 1 aromatic heterocycles. The molecule has 1 amide bonds. The van der Waals surface area contributed by atoms with E-state index in [0.29, 0.717) is 5.56 Å². The SMILES string of the molecule is CNC(=O)c1cc[nH]c1. The summed E-state index contributed by atoms with van der Waals surface area (Å²) in [5.74, 6) is -0.0590. The van der Waals surface area contributed by atoms with Crippen LogP contribution in [0.2, 0.25) is 0 Å². The zero-order valence-corrected chi connectivity index (χ0v) is 5.14. The summed E-state index contributed by atoms with van der Waals surface area (Å²) in [4.78, 5) is 13.5. The van der Waals surface area contributed by atoms with Gasteiger partial charge in [0.2, 0.25) is 0 Å². The summed E-state index contributed by atoms with van der Waals surface area (Å²) >= 11 is 0. The lowest BCUT2D eigenvalue weighted by Gasteiger charge is -1.90. The Hall–Kier alpha value is -1.25. The van der Waals surface area contributed by atoms with Crippen LogP contribution in [-0.2, 0) is 0 Å². The van der Waals surface area contributed by atoms with E-state index in [0.717, 1.165) is 0 Å². The molecule has 9 heavy (non-hydrogen) atoms. The van der Waals surface area contributed by atoms with Gasteiger partial charge in [-0.05, 0) is 6.07 Å². The van der Waals surface area contributed by atoms with E-state index in [1.165, 1.54) is 0 Å². The van der Waals surface area contributed by atoms with E-state index in [-0.39, 0.29) is 5.91 Å². The molecule has 1 heterocycles. The first-order chi connectivity index (χ1) is 4.34. The molecule has 0 saturated heterocycles. The number of hydrogen-bond acceptors (Lipinski definition) is 1. The summed E-state index contributed by atoms with van der Waals surface area (Å²) in [5.41, 5.74) is 0.664. The third-order valence-electron chi connectivity index (χ3n) is 1.09. The Kier molecular flexibility index (Phi) is 1.53. The Morgan fingerprint density at radius 3 is 3.00 bits per heavy atom. The van der Waals surface area contributed by atoms with Crippen LogP contribution < -0.4 is 5.32 Å². The van der Waals surface area contributed by atoms with Crippen LogP contribution in [0.3, 0.4) is 0 Å². The lowest BCUT2D eigenvalue weighted by molar-refractivity contribution is 0.0963. The summed E-state index contributed by atoms with van der Waals surface area (Å²) in [6.45, 7) is 0. The van der Waals surface area contributed by atoms with Crippen LogP contribution in [0, 0.1) is 0 Å². The molecule has 1 rings (SSSR count). The summed E-state index contributed by atoms with van der Waals surface area (Å²) in [5, 5.41) is 2.51.